The summed E-state index contributed by atoms with van der Waals surface area (Å²) in [6, 6.07) is 1.42. The van der Waals surface area contributed by atoms with Crippen molar-refractivity contribution in [1.29, 1.82) is 0 Å². The first-order chi connectivity index (χ1) is 6.49. The zero-order valence-corrected chi connectivity index (χ0v) is 8.91. The van der Waals surface area contributed by atoms with Gasteiger partial charge in [-0.1, -0.05) is 0 Å². The van der Waals surface area contributed by atoms with Crippen molar-refractivity contribution in [2.45, 2.75) is 25.1 Å². The normalized spacial score (nSPS) is 11.9. The molecule has 1 heterocycles. The summed E-state index contributed by atoms with van der Waals surface area (Å²) in [6.45, 7) is 2.52. The van der Waals surface area contributed by atoms with E-state index in [1.165, 1.54) is 17.9 Å². The first-order valence-corrected chi connectivity index (χ1v) is 5.62. The number of ether oxygens (including phenoxy) is 1. The molecule has 0 aliphatic heterocycles. The maximum atomic E-state index is 11.1. The van der Waals surface area contributed by atoms with Gasteiger partial charge in [-0.3, -0.25) is 4.68 Å². The standard InChI is InChI=1S/C7H13N3O3S/c1-3-10-7(14(8,11)12)4-6(9-10)5-13-2/h4H,3,5H2,1-2H3,(H2,8,11,12). The van der Waals surface area contributed by atoms with Gasteiger partial charge in [-0.2, -0.15) is 5.10 Å². The van der Waals surface area contributed by atoms with E-state index >= 15 is 0 Å². The summed E-state index contributed by atoms with van der Waals surface area (Å²) < 4.78 is 28.4. The Bertz CT molecular complexity index is 410. The van der Waals surface area contributed by atoms with E-state index in [1.54, 1.807) is 6.92 Å². The summed E-state index contributed by atoms with van der Waals surface area (Å²) in [5, 5.41) is 9.05. The highest BCUT2D eigenvalue weighted by Gasteiger charge is 2.16. The van der Waals surface area contributed by atoms with Gasteiger partial charge in [0.15, 0.2) is 5.03 Å². The monoisotopic (exact) mass is 219 g/mol. The van der Waals surface area contributed by atoms with E-state index in [2.05, 4.69) is 5.10 Å². The quantitative estimate of drug-likeness (QED) is 0.753. The Kier molecular flexibility index (Phi) is 3.25. The van der Waals surface area contributed by atoms with Crippen molar-refractivity contribution >= 4 is 10.0 Å². The van der Waals surface area contributed by atoms with Gasteiger partial charge in [-0.25, -0.2) is 13.6 Å². The molecule has 1 aromatic heterocycles. The van der Waals surface area contributed by atoms with Crippen molar-refractivity contribution in [2.75, 3.05) is 7.11 Å². The first kappa shape index (κ1) is 11.2. The van der Waals surface area contributed by atoms with Crippen LogP contribution in [-0.2, 0) is 27.9 Å². The summed E-state index contributed by atoms with van der Waals surface area (Å²) >= 11 is 0. The molecular formula is C7H13N3O3S. The van der Waals surface area contributed by atoms with Crippen molar-refractivity contribution in [1.82, 2.24) is 9.78 Å². The smallest absolute Gasteiger partial charge is 0.255 e. The molecular weight excluding hydrogens is 206 g/mol. The van der Waals surface area contributed by atoms with Crippen LogP contribution in [0.25, 0.3) is 0 Å². The number of nitrogens with zero attached hydrogens (tertiary/aromatic N) is 2. The largest absolute Gasteiger partial charge is 0.378 e. The second-order valence-electron chi connectivity index (χ2n) is 2.77. The van der Waals surface area contributed by atoms with E-state index in [4.69, 9.17) is 9.88 Å². The molecule has 2 N–H and O–H groups in total. The van der Waals surface area contributed by atoms with E-state index in [0.717, 1.165) is 0 Å². The molecule has 0 saturated carbocycles. The molecule has 1 rings (SSSR count). The van der Waals surface area contributed by atoms with Crippen LogP contribution >= 0.6 is 0 Å². The molecule has 0 aliphatic carbocycles. The van der Waals surface area contributed by atoms with Gasteiger partial charge in [0.25, 0.3) is 10.0 Å². The zero-order valence-electron chi connectivity index (χ0n) is 8.10. The highest BCUT2D eigenvalue weighted by Crippen LogP contribution is 2.10. The Balaban J connectivity index is 3.16. The average Bonchev–Trinajstić information content (AvgIpc) is 2.47. The molecule has 0 amide bonds. The van der Waals surface area contributed by atoms with Crippen LogP contribution in [0.3, 0.4) is 0 Å². The summed E-state index contributed by atoms with van der Waals surface area (Å²) in [4.78, 5) is 0. The van der Waals surface area contributed by atoms with Gasteiger partial charge in [0.2, 0.25) is 0 Å². The summed E-state index contributed by atoms with van der Waals surface area (Å²) in [6.07, 6.45) is 0. The molecule has 0 saturated heterocycles. The number of aromatic nitrogens is 2. The Labute approximate surface area is 82.7 Å². The van der Waals surface area contributed by atoms with Crippen molar-refractivity contribution in [3.8, 4) is 0 Å². The number of nitrogens with two attached hydrogens (primary N) is 1. The second kappa shape index (κ2) is 4.07. The van der Waals surface area contributed by atoms with Crippen LogP contribution < -0.4 is 5.14 Å². The topological polar surface area (TPSA) is 87.2 Å². The van der Waals surface area contributed by atoms with Crippen LogP contribution in [0.2, 0.25) is 0 Å². The molecule has 6 nitrogen and oxygen atoms in total. The fourth-order valence-corrected chi connectivity index (χ4v) is 1.89. The number of aryl methyl sites for hydroxylation is 1. The summed E-state index contributed by atoms with van der Waals surface area (Å²) in [7, 11) is -2.18. The van der Waals surface area contributed by atoms with Crippen LogP contribution in [0.1, 0.15) is 12.6 Å². The number of sulfonamides is 1. The van der Waals surface area contributed by atoms with Crippen molar-refractivity contribution in [3.05, 3.63) is 11.8 Å². The van der Waals surface area contributed by atoms with Gasteiger partial charge in [-0.15, -0.1) is 0 Å². The summed E-state index contributed by atoms with van der Waals surface area (Å²) in [5.74, 6) is 0. The maximum Gasteiger partial charge on any atom is 0.255 e. The maximum absolute atomic E-state index is 11.1. The third-order valence-corrected chi connectivity index (χ3v) is 2.59. The minimum absolute atomic E-state index is 0.0204. The Morgan fingerprint density at radius 2 is 2.29 bits per heavy atom. The predicted molar refractivity (Wildman–Crippen MR) is 50.0 cm³/mol. The molecule has 1 aromatic rings. The van der Waals surface area contributed by atoms with E-state index in [1.807, 2.05) is 0 Å². The minimum atomic E-state index is -3.70. The van der Waals surface area contributed by atoms with Gasteiger partial charge in [-0.05, 0) is 6.92 Å². The molecule has 80 valence electrons. The van der Waals surface area contributed by atoms with Gasteiger partial charge in [0.1, 0.15) is 0 Å². The predicted octanol–water partition coefficient (Wildman–Crippen LogP) is -0.303. The highest BCUT2D eigenvalue weighted by molar-refractivity contribution is 7.89. The number of hydrogen-bond donors (Lipinski definition) is 1. The Morgan fingerprint density at radius 1 is 1.64 bits per heavy atom. The Hall–Kier alpha value is -0.920. The van der Waals surface area contributed by atoms with Crippen LogP contribution in [0.5, 0.6) is 0 Å². The third kappa shape index (κ3) is 2.31. The lowest BCUT2D eigenvalue weighted by Gasteiger charge is -1.99. The van der Waals surface area contributed by atoms with E-state index in [9.17, 15) is 8.42 Å². The van der Waals surface area contributed by atoms with Crippen LogP contribution in [0.15, 0.2) is 11.1 Å². The molecule has 14 heavy (non-hydrogen) atoms. The third-order valence-electron chi connectivity index (χ3n) is 1.68. The SMILES string of the molecule is CCn1nc(COC)cc1S(N)(=O)=O. The fraction of sp³-hybridized carbons (Fsp3) is 0.571. The molecule has 0 aromatic carbocycles. The molecule has 0 spiro atoms. The van der Waals surface area contributed by atoms with Crippen molar-refractivity contribution in [3.63, 3.8) is 0 Å². The second-order valence-corrected chi connectivity index (χ2v) is 4.28. The molecule has 0 radical (unpaired) electrons. The van der Waals surface area contributed by atoms with Crippen LogP contribution in [0, 0.1) is 0 Å². The van der Waals surface area contributed by atoms with Crippen molar-refractivity contribution < 1.29 is 13.2 Å². The molecule has 0 atom stereocenters. The van der Waals surface area contributed by atoms with Gasteiger partial charge >= 0.3 is 0 Å². The lowest BCUT2D eigenvalue weighted by atomic mass is 10.5. The van der Waals surface area contributed by atoms with E-state index in [-0.39, 0.29) is 11.6 Å². The van der Waals surface area contributed by atoms with Gasteiger partial charge in [0.05, 0.1) is 12.3 Å². The number of rotatable bonds is 4. The number of hydrogen-bond acceptors (Lipinski definition) is 4. The Morgan fingerprint density at radius 3 is 2.64 bits per heavy atom. The average molecular weight is 219 g/mol. The van der Waals surface area contributed by atoms with Crippen LogP contribution in [-0.4, -0.2) is 25.3 Å². The van der Waals surface area contributed by atoms with E-state index < -0.39 is 10.0 Å². The minimum Gasteiger partial charge on any atom is -0.378 e. The van der Waals surface area contributed by atoms with Crippen LogP contribution in [0.4, 0.5) is 0 Å². The van der Waals surface area contributed by atoms with Crippen molar-refractivity contribution in [2.24, 2.45) is 5.14 Å². The lowest BCUT2D eigenvalue weighted by Crippen LogP contribution is -2.17. The number of methoxy groups -OCH3 is 1. The zero-order chi connectivity index (χ0) is 10.8. The molecule has 0 fully saturated rings. The number of primary sulfonamides is 1. The highest BCUT2D eigenvalue weighted by atomic mass is 32.2. The van der Waals surface area contributed by atoms with Gasteiger partial charge < -0.3 is 4.74 Å². The first-order valence-electron chi connectivity index (χ1n) is 4.07. The molecule has 0 aliphatic rings. The molecule has 0 bridgehead atoms. The van der Waals surface area contributed by atoms with Gasteiger partial charge in [0, 0.05) is 19.7 Å². The molecule has 0 unspecified atom stereocenters. The summed E-state index contributed by atoms with van der Waals surface area (Å²) in [5.41, 5.74) is 0.554. The van der Waals surface area contributed by atoms with E-state index in [0.29, 0.717) is 12.2 Å². The molecule has 7 heteroatoms. The fourth-order valence-electron chi connectivity index (χ4n) is 1.12. The lowest BCUT2D eigenvalue weighted by molar-refractivity contribution is 0.180.